The second kappa shape index (κ2) is 5.16. The fourth-order valence-electron chi connectivity index (χ4n) is 2.14. The quantitative estimate of drug-likeness (QED) is 0.926. The Hall–Kier alpha value is -1.26. The highest BCUT2D eigenvalue weighted by atomic mass is 35.5. The van der Waals surface area contributed by atoms with Crippen LogP contribution in [0.2, 0.25) is 5.15 Å². The second-order valence-corrected chi connectivity index (χ2v) is 4.87. The van der Waals surface area contributed by atoms with Crippen molar-refractivity contribution in [3.63, 3.8) is 0 Å². The minimum atomic E-state index is 0.183. The number of aromatic nitrogens is 2. The van der Waals surface area contributed by atoms with Crippen molar-refractivity contribution in [3.8, 4) is 0 Å². The summed E-state index contributed by atoms with van der Waals surface area (Å²) in [5.74, 6) is 0.916. The molecule has 98 valence electrons. The summed E-state index contributed by atoms with van der Waals surface area (Å²) < 4.78 is 7.06. The summed E-state index contributed by atoms with van der Waals surface area (Å²) in [7, 11) is 3.79. The number of furan rings is 1. The van der Waals surface area contributed by atoms with Gasteiger partial charge in [0, 0.05) is 24.2 Å². The average molecular weight is 268 g/mol. The van der Waals surface area contributed by atoms with Crippen LogP contribution >= 0.6 is 11.6 Å². The van der Waals surface area contributed by atoms with Crippen LogP contribution in [-0.4, -0.2) is 16.8 Å². The Kier molecular flexibility index (Phi) is 3.78. The molecule has 4 nitrogen and oxygen atoms in total. The zero-order valence-electron chi connectivity index (χ0n) is 11.1. The van der Waals surface area contributed by atoms with Crippen LogP contribution in [0.1, 0.15) is 28.6 Å². The highest BCUT2D eigenvalue weighted by molar-refractivity contribution is 6.30. The number of hydrogen-bond acceptors (Lipinski definition) is 3. The van der Waals surface area contributed by atoms with Gasteiger partial charge in [0.05, 0.1) is 12.0 Å². The van der Waals surface area contributed by atoms with Crippen LogP contribution in [0.5, 0.6) is 0 Å². The van der Waals surface area contributed by atoms with Crippen LogP contribution in [0, 0.1) is 13.8 Å². The molecule has 0 fully saturated rings. The van der Waals surface area contributed by atoms with Gasteiger partial charge in [-0.2, -0.15) is 5.10 Å². The van der Waals surface area contributed by atoms with Crippen molar-refractivity contribution in [2.24, 2.45) is 7.05 Å². The van der Waals surface area contributed by atoms with Crippen molar-refractivity contribution in [1.82, 2.24) is 15.1 Å². The van der Waals surface area contributed by atoms with Gasteiger partial charge in [0.15, 0.2) is 0 Å². The van der Waals surface area contributed by atoms with Gasteiger partial charge in [0.2, 0.25) is 0 Å². The lowest BCUT2D eigenvalue weighted by molar-refractivity contribution is 0.520. The van der Waals surface area contributed by atoms with Crippen molar-refractivity contribution < 1.29 is 4.42 Å². The molecule has 1 N–H and O–H groups in total. The van der Waals surface area contributed by atoms with E-state index >= 15 is 0 Å². The predicted octanol–water partition coefficient (Wildman–Crippen LogP) is 2.79. The summed E-state index contributed by atoms with van der Waals surface area (Å²) in [6.07, 6.45) is 2.59. The van der Waals surface area contributed by atoms with Crippen LogP contribution in [0.15, 0.2) is 16.7 Å². The van der Waals surface area contributed by atoms with E-state index in [0.717, 1.165) is 29.0 Å². The first-order valence-electron chi connectivity index (χ1n) is 5.93. The number of aryl methyl sites for hydroxylation is 3. The topological polar surface area (TPSA) is 43.0 Å². The number of likely N-dealkylation sites (N-methyl/N-ethyl adjacent to an activating group) is 1. The molecule has 5 heteroatoms. The Morgan fingerprint density at radius 1 is 1.50 bits per heavy atom. The van der Waals surface area contributed by atoms with E-state index < -0.39 is 0 Å². The maximum atomic E-state index is 6.26. The zero-order chi connectivity index (χ0) is 13.3. The molecule has 0 saturated heterocycles. The minimum absolute atomic E-state index is 0.183. The highest BCUT2D eigenvalue weighted by Crippen LogP contribution is 2.26. The first-order valence-corrected chi connectivity index (χ1v) is 6.31. The predicted molar refractivity (Wildman–Crippen MR) is 71.9 cm³/mol. The Bertz CT molecular complexity index is 544. The Balaban J connectivity index is 2.25. The van der Waals surface area contributed by atoms with E-state index in [1.807, 2.05) is 34.0 Å². The molecule has 0 aliphatic carbocycles. The summed E-state index contributed by atoms with van der Waals surface area (Å²) in [6, 6.07) is 2.23. The molecule has 2 aromatic heterocycles. The molecule has 0 radical (unpaired) electrons. The van der Waals surface area contributed by atoms with Gasteiger partial charge < -0.3 is 9.73 Å². The molecule has 2 aromatic rings. The fraction of sp³-hybridized carbons (Fsp3) is 0.462. The monoisotopic (exact) mass is 267 g/mol. The van der Waals surface area contributed by atoms with E-state index in [2.05, 4.69) is 10.4 Å². The largest absolute Gasteiger partial charge is 0.469 e. The summed E-state index contributed by atoms with van der Waals surface area (Å²) in [4.78, 5) is 0. The average Bonchev–Trinajstić information content (AvgIpc) is 2.84. The fourth-order valence-corrected chi connectivity index (χ4v) is 2.39. The van der Waals surface area contributed by atoms with Crippen LogP contribution in [0.4, 0.5) is 0 Å². The Labute approximate surface area is 112 Å². The molecular formula is C13H18ClN3O. The molecule has 0 aliphatic heterocycles. The summed E-state index contributed by atoms with van der Waals surface area (Å²) >= 11 is 6.26. The van der Waals surface area contributed by atoms with Crippen molar-refractivity contribution in [1.29, 1.82) is 0 Å². The van der Waals surface area contributed by atoms with Gasteiger partial charge in [0.1, 0.15) is 10.9 Å². The van der Waals surface area contributed by atoms with Crippen LogP contribution in [-0.2, 0) is 13.5 Å². The molecule has 0 amide bonds. The first kappa shape index (κ1) is 13.2. The Morgan fingerprint density at radius 3 is 2.67 bits per heavy atom. The Morgan fingerprint density at radius 2 is 2.22 bits per heavy atom. The third-order valence-corrected chi connectivity index (χ3v) is 3.65. The van der Waals surface area contributed by atoms with Gasteiger partial charge in [-0.25, -0.2) is 0 Å². The van der Waals surface area contributed by atoms with Gasteiger partial charge in [-0.3, -0.25) is 4.68 Å². The molecule has 2 rings (SSSR count). The molecule has 1 atom stereocenters. The molecule has 18 heavy (non-hydrogen) atoms. The van der Waals surface area contributed by atoms with Gasteiger partial charge in [-0.1, -0.05) is 11.6 Å². The summed E-state index contributed by atoms with van der Waals surface area (Å²) in [5.41, 5.74) is 3.19. The highest BCUT2D eigenvalue weighted by Gasteiger charge is 2.18. The lowest BCUT2D eigenvalue weighted by atomic mass is 10.0. The molecule has 0 aliphatic rings. The smallest absolute Gasteiger partial charge is 0.130 e. The van der Waals surface area contributed by atoms with E-state index in [-0.39, 0.29) is 6.04 Å². The number of nitrogens with one attached hydrogen (secondary N) is 1. The molecule has 0 spiro atoms. The van der Waals surface area contributed by atoms with E-state index in [0.29, 0.717) is 5.15 Å². The third-order valence-electron chi connectivity index (χ3n) is 3.18. The first-order chi connectivity index (χ1) is 8.52. The van der Waals surface area contributed by atoms with E-state index in [1.54, 1.807) is 10.9 Å². The molecule has 0 saturated carbocycles. The normalized spacial score (nSPS) is 12.9. The number of halogens is 1. The number of hydrogen-bond donors (Lipinski definition) is 1. The zero-order valence-corrected chi connectivity index (χ0v) is 11.9. The summed E-state index contributed by atoms with van der Waals surface area (Å²) in [6.45, 7) is 3.92. The maximum Gasteiger partial charge on any atom is 0.130 e. The molecular weight excluding hydrogens is 250 g/mol. The lowest BCUT2D eigenvalue weighted by Gasteiger charge is -2.14. The standard InChI is InChI=1S/C13H18ClN3O/c1-8-5-10(7-18-8)12(15-3)6-11-9(2)16-17(4)13(11)14/h5,7,12,15H,6H2,1-4H3. The van der Waals surface area contributed by atoms with Gasteiger partial charge in [0.25, 0.3) is 0 Å². The van der Waals surface area contributed by atoms with E-state index in [1.165, 1.54) is 0 Å². The van der Waals surface area contributed by atoms with Crippen LogP contribution in [0.3, 0.4) is 0 Å². The maximum absolute atomic E-state index is 6.26. The van der Waals surface area contributed by atoms with Gasteiger partial charge in [-0.15, -0.1) is 0 Å². The van der Waals surface area contributed by atoms with E-state index in [9.17, 15) is 0 Å². The lowest BCUT2D eigenvalue weighted by Crippen LogP contribution is -2.18. The third kappa shape index (κ3) is 2.44. The van der Waals surface area contributed by atoms with Gasteiger partial charge >= 0.3 is 0 Å². The van der Waals surface area contributed by atoms with Crippen molar-refractivity contribution in [2.45, 2.75) is 26.3 Å². The molecule has 2 heterocycles. The van der Waals surface area contributed by atoms with E-state index in [4.69, 9.17) is 16.0 Å². The van der Waals surface area contributed by atoms with Crippen molar-refractivity contribution in [2.75, 3.05) is 7.05 Å². The number of rotatable bonds is 4. The van der Waals surface area contributed by atoms with Crippen LogP contribution < -0.4 is 5.32 Å². The molecule has 1 unspecified atom stereocenters. The molecule has 0 aromatic carbocycles. The second-order valence-electron chi connectivity index (χ2n) is 4.51. The van der Waals surface area contributed by atoms with Gasteiger partial charge in [-0.05, 0) is 33.4 Å². The van der Waals surface area contributed by atoms with Crippen molar-refractivity contribution >= 4 is 11.6 Å². The van der Waals surface area contributed by atoms with Crippen LogP contribution in [0.25, 0.3) is 0 Å². The van der Waals surface area contributed by atoms with Crippen molar-refractivity contribution in [3.05, 3.63) is 40.1 Å². The SMILES string of the molecule is CNC(Cc1c(C)nn(C)c1Cl)c1coc(C)c1. The molecule has 0 bridgehead atoms. The minimum Gasteiger partial charge on any atom is -0.469 e. The number of nitrogens with zero attached hydrogens (tertiary/aromatic N) is 2. The summed E-state index contributed by atoms with van der Waals surface area (Å²) in [5, 5.41) is 8.32.